The van der Waals surface area contributed by atoms with Gasteiger partial charge in [0, 0.05) is 37.8 Å². The van der Waals surface area contributed by atoms with Gasteiger partial charge >= 0.3 is 0 Å². The van der Waals surface area contributed by atoms with Gasteiger partial charge in [0.2, 0.25) is 5.91 Å². The third-order valence-corrected chi connectivity index (χ3v) is 3.53. The molecule has 2 rings (SSSR count). The monoisotopic (exact) mass is 293 g/mol. The largest absolute Gasteiger partial charge is 0.459 e. The van der Waals surface area contributed by atoms with Crippen molar-refractivity contribution in [2.24, 2.45) is 0 Å². The maximum absolute atomic E-state index is 12.3. The number of carbonyl (C=O) groups is 2. The lowest BCUT2D eigenvalue weighted by molar-refractivity contribution is -0.123. The van der Waals surface area contributed by atoms with Crippen LogP contribution in [-0.4, -0.2) is 60.4 Å². The van der Waals surface area contributed by atoms with Crippen molar-refractivity contribution in [3.05, 3.63) is 23.7 Å². The summed E-state index contributed by atoms with van der Waals surface area (Å²) in [5, 5.41) is 2.88. The summed E-state index contributed by atoms with van der Waals surface area (Å²) in [6.07, 6.45) is 1.54. The number of furan rings is 1. The number of amides is 2. The summed E-state index contributed by atoms with van der Waals surface area (Å²) in [6, 6.07) is 1.95. The minimum Gasteiger partial charge on any atom is -0.459 e. The Balaban J connectivity index is 1.82. The Bertz CT molecular complexity index is 502. The third-order valence-electron chi connectivity index (χ3n) is 3.53. The Hall–Kier alpha value is -1.82. The van der Waals surface area contributed by atoms with Crippen LogP contribution in [0.1, 0.15) is 30.0 Å². The van der Waals surface area contributed by atoms with Crippen LogP contribution in [0.15, 0.2) is 16.7 Å². The fourth-order valence-corrected chi connectivity index (χ4v) is 2.42. The van der Waals surface area contributed by atoms with E-state index in [9.17, 15) is 9.59 Å². The summed E-state index contributed by atoms with van der Waals surface area (Å²) in [6.45, 7) is 8.79. The van der Waals surface area contributed by atoms with Crippen LogP contribution < -0.4 is 5.32 Å². The van der Waals surface area contributed by atoms with Gasteiger partial charge in [-0.05, 0) is 26.8 Å². The molecule has 0 aromatic carbocycles. The van der Waals surface area contributed by atoms with Crippen molar-refractivity contribution in [2.45, 2.75) is 26.8 Å². The van der Waals surface area contributed by atoms with E-state index < -0.39 is 0 Å². The van der Waals surface area contributed by atoms with Gasteiger partial charge in [0.15, 0.2) is 5.76 Å². The lowest BCUT2D eigenvalue weighted by Crippen LogP contribution is -2.51. The van der Waals surface area contributed by atoms with E-state index in [1.165, 1.54) is 6.26 Å². The first-order valence-electron chi connectivity index (χ1n) is 7.32. The molecule has 2 heterocycles. The Labute approximate surface area is 125 Å². The lowest BCUT2D eigenvalue weighted by atomic mass is 10.2. The fraction of sp³-hybridized carbons (Fsp3) is 0.600. The number of piperazine rings is 1. The van der Waals surface area contributed by atoms with E-state index in [1.807, 2.05) is 20.8 Å². The minimum atomic E-state index is -0.0659. The number of rotatable bonds is 4. The highest BCUT2D eigenvalue weighted by atomic mass is 16.3. The van der Waals surface area contributed by atoms with Crippen LogP contribution in [0.2, 0.25) is 0 Å². The molecule has 2 amide bonds. The normalized spacial score (nSPS) is 16.3. The van der Waals surface area contributed by atoms with Gasteiger partial charge in [-0.1, -0.05) is 0 Å². The molecule has 116 valence electrons. The minimum absolute atomic E-state index is 0.0339. The molecule has 0 saturated carbocycles. The van der Waals surface area contributed by atoms with Gasteiger partial charge < -0.3 is 14.6 Å². The molecule has 0 radical (unpaired) electrons. The molecule has 1 N–H and O–H groups in total. The first kappa shape index (κ1) is 15.6. The van der Waals surface area contributed by atoms with Crippen LogP contribution >= 0.6 is 0 Å². The molecule has 1 aliphatic heterocycles. The van der Waals surface area contributed by atoms with Crippen molar-refractivity contribution in [3.63, 3.8) is 0 Å². The van der Waals surface area contributed by atoms with Crippen molar-refractivity contribution < 1.29 is 14.0 Å². The number of nitrogens with one attached hydrogen (secondary N) is 1. The van der Waals surface area contributed by atoms with E-state index in [2.05, 4.69) is 10.2 Å². The zero-order chi connectivity index (χ0) is 15.4. The molecule has 1 aromatic rings. The average Bonchev–Trinajstić information content (AvgIpc) is 2.84. The quantitative estimate of drug-likeness (QED) is 0.894. The van der Waals surface area contributed by atoms with Crippen LogP contribution in [0, 0.1) is 6.92 Å². The van der Waals surface area contributed by atoms with E-state index in [0.717, 1.165) is 5.56 Å². The fourth-order valence-electron chi connectivity index (χ4n) is 2.42. The van der Waals surface area contributed by atoms with Crippen LogP contribution in [0.5, 0.6) is 0 Å². The van der Waals surface area contributed by atoms with Crippen LogP contribution in [-0.2, 0) is 4.79 Å². The second-order valence-electron chi connectivity index (χ2n) is 5.72. The molecule has 1 aliphatic rings. The zero-order valence-electron chi connectivity index (χ0n) is 12.9. The summed E-state index contributed by atoms with van der Waals surface area (Å²) < 4.78 is 5.25. The molecule has 1 fully saturated rings. The first-order chi connectivity index (χ1) is 9.97. The summed E-state index contributed by atoms with van der Waals surface area (Å²) in [7, 11) is 0. The summed E-state index contributed by atoms with van der Waals surface area (Å²) in [4.78, 5) is 27.9. The van der Waals surface area contributed by atoms with E-state index >= 15 is 0 Å². The van der Waals surface area contributed by atoms with Gasteiger partial charge in [0.25, 0.3) is 5.91 Å². The molecule has 0 unspecified atom stereocenters. The van der Waals surface area contributed by atoms with Gasteiger partial charge in [0.1, 0.15) is 0 Å². The Morgan fingerprint density at radius 2 is 1.95 bits per heavy atom. The molecule has 21 heavy (non-hydrogen) atoms. The summed E-state index contributed by atoms with van der Waals surface area (Å²) in [5.41, 5.74) is 0.860. The van der Waals surface area contributed by atoms with E-state index in [-0.39, 0.29) is 17.9 Å². The number of aryl methyl sites for hydroxylation is 1. The lowest BCUT2D eigenvalue weighted by Gasteiger charge is -2.34. The number of hydrogen-bond acceptors (Lipinski definition) is 4. The predicted molar refractivity (Wildman–Crippen MR) is 79.1 cm³/mol. The second-order valence-corrected chi connectivity index (χ2v) is 5.72. The molecule has 6 nitrogen and oxygen atoms in total. The SMILES string of the molecule is Cc1ccoc1C(=O)N1CCN(CC(=O)NC(C)C)CC1. The number of carbonyl (C=O) groups excluding carboxylic acids is 2. The van der Waals surface area contributed by atoms with Gasteiger partial charge in [0.05, 0.1) is 12.8 Å². The van der Waals surface area contributed by atoms with E-state index in [1.54, 1.807) is 11.0 Å². The molecule has 6 heteroatoms. The standard InChI is InChI=1S/C15H23N3O3/c1-11(2)16-13(19)10-17-5-7-18(8-6-17)15(20)14-12(3)4-9-21-14/h4,9,11H,5-8,10H2,1-3H3,(H,16,19). The molecule has 1 saturated heterocycles. The van der Waals surface area contributed by atoms with E-state index in [4.69, 9.17) is 4.42 Å². The van der Waals surface area contributed by atoms with Crippen LogP contribution in [0.3, 0.4) is 0 Å². The first-order valence-corrected chi connectivity index (χ1v) is 7.32. The maximum atomic E-state index is 12.3. The average molecular weight is 293 g/mol. The second kappa shape index (κ2) is 6.76. The van der Waals surface area contributed by atoms with Crippen LogP contribution in [0.25, 0.3) is 0 Å². The molecule has 0 bridgehead atoms. The van der Waals surface area contributed by atoms with Crippen molar-refractivity contribution in [3.8, 4) is 0 Å². The van der Waals surface area contributed by atoms with Gasteiger partial charge in [-0.2, -0.15) is 0 Å². The molecular formula is C15H23N3O3. The smallest absolute Gasteiger partial charge is 0.289 e. The Morgan fingerprint density at radius 1 is 1.29 bits per heavy atom. The van der Waals surface area contributed by atoms with Crippen molar-refractivity contribution in [2.75, 3.05) is 32.7 Å². The molecule has 0 atom stereocenters. The zero-order valence-corrected chi connectivity index (χ0v) is 12.9. The molecule has 0 aliphatic carbocycles. The summed E-state index contributed by atoms with van der Waals surface area (Å²) in [5.74, 6) is 0.386. The summed E-state index contributed by atoms with van der Waals surface area (Å²) >= 11 is 0. The van der Waals surface area contributed by atoms with Crippen LogP contribution in [0.4, 0.5) is 0 Å². The predicted octanol–water partition coefficient (Wildman–Crippen LogP) is 0.870. The highest BCUT2D eigenvalue weighted by Crippen LogP contribution is 2.13. The Morgan fingerprint density at radius 3 is 2.48 bits per heavy atom. The molecule has 1 aromatic heterocycles. The topological polar surface area (TPSA) is 65.8 Å². The van der Waals surface area contributed by atoms with Gasteiger partial charge in [-0.15, -0.1) is 0 Å². The Kier molecular flexibility index (Phi) is 5.01. The highest BCUT2D eigenvalue weighted by Gasteiger charge is 2.25. The van der Waals surface area contributed by atoms with Crippen molar-refractivity contribution >= 4 is 11.8 Å². The third kappa shape index (κ3) is 4.07. The highest BCUT2D eigenvalue weighted by molar-refractivity contribution is 5.92. The van der Waals surface area contributed by atoms with Crippen molar-refractivity contribution in [1.29, 1.82) is 0 Å². The maximum Gasteiger partial charge on any atom is 0.289 e. The molecule has 0 spiro atoms. The number of nitrogens with zero attached hydrogens (tertiary/aromatic N) is 2. The van der Waals surface area contributed by atoms with Gasteiger partial charge in [-0.25, -0.2) is 0 Å². The molecular weight excluding hydrogens is 270 g/mol. The van der Waals surface area contributed by atoms with Gasteiger partial charge in [-0.3, -0.25) is 14.5 Å². The van der Waals surface area contributed by atoms with Crippen molar-refractivity contribution in [1.82, 2.24) is 15.1 Å². The van der Waals surface area contributed by atoms with E-state index in [0.29, 0.717) is 38.5 Å². The number of hydrogen-bond donors (Lipinski definition) is 1.